The maximum absolute atomic E-state index is 12.2. The predicted octanol–water partition coefficient (Wildman–Crippen LogP) is 7.16. The van der Waals surface area contributed by atoms with Crippen LogP contribution in [0.15, 0.2) is 56.5 Å². The van der Waals surface area contributed by atoms with Gasteiger partial charge in [0.2, 0.25) is 0 Å². The lowest BCUT2D eigenvalue weighted by Crippen LogP contribution is -2.29. The van der Waals surface area contributed by atoms with Crippen LogP contribution in [-0.2, 0) is 27.4 Å². The highest BCUT2D eigenvalue weighted by Gasteiger charge is 2.49. The number of hydrogen-bond donors (Lipinski definition) is 0. The van der Waals surface area contributed by atoms with E-state index in [0.717, 1.165) is 20.2 Å². The molecule has 0 atom stereocenters. The van der Waals surface area contributed by atoms with Crippen molar-refractivity contribution in [3.63, 3.8) is 0 Å². The fourth-order valence-electron chi connectivity index (χ4n) is 2.64. The summed E-state index contributed by atoms with van der Waals surface area (Å²) < 4.78 is 129. The molecule has 0 aliphatic carbocycles. The first-order chi connectivity index (χ1) is 17.3. The van der Waals surface area contributed by atoms with Crippen molar-refractivity contribution in [2.75, 3.05) is 6.61 Å². The lowest BCUT2D eigenvalue weighted by atomic mass is 10.1. The first-order valence-corrected chi connectivity index (χ1v) is 12.8. The van der Waals surface area contributed by atoms with Gasteiger partial charge in [0.05, 0.1) is 18.3 Å². The van der Waals surface area contributed by atoms with Crippen LogP contribution in [0, 0.1) is 0 Å². The lowest BCUT2D eigenvalue weighted by Gasteiger charge is -2.09. The van der Waals surface area contributed by atoms with E-state index < -0.39 is 41.1 Å². The number of hydrogen-bond acceptors (Lipinski definition) is 5. The van der Waals surface area contributed by atoms with Crippen LogP contribution in [0.3, 0.4) is 0 Å². The van der Waals surface area contributed by atoms with Gasteiger partial charge < -0.3 is 0 Å². The van der Waals surface area contributed by atoms with Crippen LogP contribution in [0.2, 0.25) is 0 Å². The van der Waals surface area contributed by atoms with Crippen LogP contribution in [0.25, 0.3) is 10.9 Å². The van der Waals surface area contributed by atoms with E-state index in [0.29, 0.717) is 10.9 Å². The minimum atomic E-state index is -6.15. The normalized spacial score (nSPS) is 13.4. The van der Waals surface area contributed by atoms with Gasteiger partial charge >= 0.3 is 28.0 Å². The van der Waals surface area contributed by atoms with Crippen molar-refractivity contribution in [2.45, 2.75) is 31.0 Å². The molecule has 3 aromatic rings. The summed E-state index contributed by atoms with van der Waals surface area (Å²) in [6.45, 7) is -2.70. The Kier molecular flexibility index (Phi) is 10.4. The summed E-state index contributed by atoms with van der Waals surface area (Å²) in [4.78, 5) is 4.15. The molecule has 38 heavy (non-hydrogen) atoms. The largest absolute Gasteiger partial charge is 0.523 e. The van der Waals surface area contributed by atoms with Gasteiger partial charge in [0.1, 0.15) is 6.54 Å². The summed E-state index contributed by atoms with van der Waals surface area (Å²) in [7, 11) is -6.15. The van der Waals surface area contributed by atoms with Crippen LogP contribution in [0.5, 0.6) is 0 Å². The Bertz CT molecular complexity index is 1390. The molecular weight excluding hydrogens is 693 g/mol. The topological polar surface area (TPSA) is 73.5 Å². The minimum absolute atomic E-state index is 0.482. The number of halogens is 11. The van der Waals surface area contributed by atoms with Crippen LogP contribution < -0.4 is 0 Å². The number of rotatable bonds is 3. The number of aliphatic imine (C=N–C) groups is 1. The second-order valence-electron chi connectivity index (χ2n) is 7.21. The van der Waals surface area contributed by atoms with E-state index in [-0.39, 0.29) is 0 Å². The first-order valence-electron chi connectivity index (χ1n) is 9.76. The maximum atomic E-state index is 12.2. The highest BCUT2D eigenvalue weighted by molar-refractivity contribution is 9.10. The third-order valence-electron chi connectivity index (χ3n) is 4.19. The van der Waals surface area contributed by atoms with Crippen molar-refractivity contribution in [2.24, 2.45) is 4.99 Å². The average Bonchev–Trinajstić information content (AvgIpc) is 3.37. The molecule has 1 aliphatic heterocycles. The second kappa shape index (κ2) is 12.3. The zero-order valence-corrected chi connectivity index (χ0v) is 22.4. The van der Waals surface area contributed by atoms with E-state index in [4.69, 9.17) is 0 Å². The lowest BCUT2D eigenvalue weighted by molar-refractivity contribution is -0.156. The van der Waals surface area contributed by atoms with Gasteiger partial charge in [0, 0.05) is 20.5 Å². The van der Waals surface area contributed by atoms with E-state index in [1.54, 1.807) is 18.2 Å². The summed E-state index contributed by atoms with van der Waals surface area (Å²) in [5.74, 6) is 0. The summed E-state index contributed by atoms with van der Waals surface area (Å²) >= 11 is 6.65. The van der Waals surface area contributed by atoms with Gasteiger partial charge in [-0.1, -0.05) is 37.9 Å². The molecule has 0 bridgehead atoms. The van der Waals surface area contributed by atoms with E-state index in [1.165, 1.54) is 17.3 Å². The van der Waals surface area contributed by atoms with Gasteiger partial charge in [0.15, 0.2) is 6.61 Å². The van der Waals surface area contributed by atoms with Crippen molar-refractivity contribution in [1.82, 2.24) is 9.78 Å². The Morgan fingerprint density at radius 3 is 2.08 bits per heavy atom. The van der Waals surface area contributed by atoms with E-state index in [9.17, 15) is 47.9 Å². The molecular formula is C20H14Br2F9N3O3S. The quantitative estimate of drug-likeness (QED) is 0.165. The van der Waals surface area contributed by atoms with Crippen LogP contribution in [0.1, 0.15) is 11.1 Å². The van der Waals surface area contributed by atoms with Crippen LogP contribution >= 0.6 is 31.9 Å². The molecule has 0 radical (unpaired) electrons. The van der Waals surface area contributed by atoms with Gasteiger partial charge in [-0.25, -0.2) is 0 Å². The third kappa shape index (κ3) is 10.2. The van der Waals surface area contributed by atoms with E-state index in [2.05, 4.69) is 58.3 Å². The van der Waals surface area contributed by atoms with Crippen molar-refractivity contribution in [3.05, 3.63) is 62.7 Å². The molecule has 0 spiro atoms. The Balaban J connectivity index is 0.000000204. The van der Waals surface area contributed by atoms with Crippen molar-refractivity contribution in [3.8, 4) is 0 Å². The summed E-state index contributed by atoms with van der Waals surface area (Å²) in [5.41, 5.74) is -2.79. The fourth-order valence-corrected chi connectivity index (χ4v) is 3.82. The number of aromatic nitrogens is 2. The summed E-state index contributed by atoms with van der Waals surface area (Å²) in [5, 5.41) is 4.39. The maximum Gasteiger partial charge on any atom is 0.523 e. The van der Waals surface area contributed by atoms with Gasteiger partial charge in [-0.2, -0.15) is 53.0 Å². The summed E-state index contributed by atoms with van der Waals surface area (Å²) in [6.07, 6.45) is -6.03. The Morgan fingerprint density at radius 1 is 0.895 bits per heavy atom. The molecule has 0 fully saturated rings. The average molecular weight is 707 g/mol. The van der Waals surface area contributed by atoms with E-state index in [1.807, 2.05) is 12.3 Å². The van der Waals surface area contributed by atoms with E-state index >= 15 is 0 Å². The molecule has 2 aromatic carbocycles. The first kappa shape index (κ1) is 32.0. The molecule has 0 N–H and O–H groups in total. The fraction of sp³-hybridized carbons (Fsp3) is 0.300. The molecule has 2 heterocycles. The van der Waals surface area contributed by atoms with Crippen LogP contribution in [-0.4, -0.2) is 48.9 Å². The standard InChI is InChI=1S/C9H6BrF3N2.C8H6BrN.C3H2F6O3S/c10-7-1-2-8-6(3-7)4-14-15(8)5-9(11,12)13;9-8-2-1-6-4-10-5-7(6)3-8;4-2(5,6)1-12-13(10,11)3(7,8)9/h1-4H,5H2;1-3,5H,4H2;1H2. The highest BCUT2D eigenvalue weighted by atomic mass is 79.9. The monoisotopic (exact) mass is 705 g/mol. The zero-order chi connectivity index (χ0) is 28.9. The molecule has 6 nitrogen and oxygen atoms in total. The van der Waals surface area contributed by atoms with Gasteiger partial charge in [-0.15, -0.1) is 0 Å². The number of fused-ring (bicyclic) bond motifs is 2. The molecule has 18 heteroatoms. The molecule has 0 amide bonds. The molecule has 0 unspecified atom stereocenters. The van der Waals surface area contributed by atoms with Gasteiger partial charge in [0.25, 0.3) is 0 Å². The second-order valence-corrected chi connectivity index (χ2v) is 10.6. The smallest absolute Gasteiger partial charge is 0.288 e. The Labute approximate surface area is 225 Å². The van der Waals surface area contributed by atoms with Crippen molar-refractivity contribution in [1.29, 1.82) is 0 Å². The van der Waals surface area contributed by atoms with Crippen molar-refractivity contribution < 1.29 is 52.1 Å². The SMILES string of the molecule is Brc1ccc2c(c1)C=NC2.FC(F)(F)Cn1ncc2cc(Br)ccc21.O=S(=O)(OCC(F)(F)F)C(F)(F)F. The zero-order valence-electron chi connectivity index (χ0n) is 18.4. The van der Waals surface area contributed by atoms with Crippen LogP contribution in [0.4, 0.5) is 39.5 Å². The Hall–Kier alpha value is -2.18. The predicted molar refractivity (Wildman–Crippen MR) is 126 cm³/mol. The molecule has 1 aromatic heterocycles. The van der Waals surface area contributed by atoms with Gasteiger partial charge in [-0.3, -0.25) is 13.9 Å². The molecule has 0 saturated carbocycles. The van der Waals surface area contributed by atoms with Crippen molar-refractivity contribution >= 4 is 59.1 Å². The number of nitrogens with zero attached hydrogens (tertiary/aromatic N) is 3. The minimum Gasteiger partial charge on any atom is -0.288 e. The third-order valence-corrected chi connectivity index (χ3v) is 6.18. The van der Waals surface area contributed by atoms with Gasteiger partial charge in [-0.05, 0) is 41.5 Å². The number of alkyl halides is 9. The molecule has 210 valence electrons. The molecule has 0 saturated heterocycles. The molecule has 1 aliphatic rings. The summed E-state index contributed by atoms with van der Waals surface area (Å²) in [6, 6.07) is 11.3. The highest BCUT2D eigenvalue weighted by Crippen LogP contribution is 2.27. The molecule has 4 rings (SSSR count). The number of benzene rings is 2. The Morgan fingerprint density at radius 2 is 1.50 bits per heavy atom.